The van der Waals surface area contributed by atoms with E-state index in [0.29, 0.717) is 18.8 Å². The normalized spacial score (nSPS) is 16.8. The number of benzene rings is 1. The quantitative estimate of drug-likeness (QED) is 0.789. The lowest BCUT2D eigenvalue weighted by atomic mass is 9.83. The van der Waals surface area contributed by atoms with Crippen LogP contribution in [-0.4, -0.2) is 13.0 Å². The number of hydrogen-bond acceptors (Lipinski definition) is 2. The third-order valence-corrected chi connectivity index (χ3v) is 5.25. The zero-order valence-electron chi connectivity index (χ0n) is 12.4. The zero-order chi connectivity index (χ0) is 15.3. The van der Waals surface area contributed by atoms with Gasteiger partial charge in [-0.3, -0.25) is 4.55 Å². The lowest BCUT2D eigenvalue weighted by Crippen LogP contribution is -2.05. The lowest BCUT2D eigenvalue weighted by molar-refractivity contribution is 0.443. The average Bonchev–Trinajstić information content (AvgIpc) is 2.47. The second kappa shape index (κ2) is 7.23. The van der Waals surface area contributed by atoms with Crippen LogP contribution in [0.1, 0.15) is 62.0 Å². The summed E-state index contributed by atoms with van der Waals surface area (Å²) in [7, 11) is -4.08. The maximum absolute atomic E-state index is 10.9. The van der Waals surface area contributed by atoms with E-state index >= 15 is 0 Å². The first-order valence-electron chi connectivity index (χ1n) is 7.71. The Balaban J connectivity index is 1.90. The van der Waals surface area contributed by atoms with E-state index in [9.17, 15) is 8.42 Å². The van der Waals surface area contributed by atoms with Crippen molar-refractivity contribution in [2.24, 2.45) is 0 Å². The summed E-state index contributed by atoms with van der Waals surface area (Å²) in [5, 5.41) is 0. The van der Waals surface area contributed by atoms with Crippen LogP contribution in [0.3, 0.4) is 0 Å². The summed E-state index contributed by atoms with van der Waals surface area (Å²) in [6, 6.07) is 8.64. The van der Waals surface area contributed by atoms with Crippen LogP contribution in [-0.2, 0) is 16.5 Å². The van der Waals surface area contributed by atoms with Gasteiger partial charge in [-0.05, 0) is 49.1 Å². The Bertz CT molecular complexity index is 584. The van der Waals surface area contributed by atoms with Crippen molar-refractivity contribution in [2.45, 2.75) is 57.3 Å². The maximum atomic E-state index is 10.9. The molecule has 3 nitrogen and oxygen atoms in total. The average molecular weight is 308 g/mol. The molecule has 1 aliphatic carbocycles. The van der Waals surface area contributed by atoms with Crippen LogP contribution in [0.5, 0.6) is 0 Å². The molecule has 21 heavy (non-hydrogen) atoms. The summed E-state index contributed by atoms with van der Waals surface area (Å²) >= 11 is 0. The maximum Gasteiger partial charge on any atom is 0.290 e. The van der Waals surface area contributed by atoms with E-state index in [0.717, 1.165) is 6.42 Å². The molecule has 0 heterocycles. The van der Waals surface area contributed by atoms with E-state index in [1.165, 1.54) is 43.2 Å². The molecule has 1 fully saturated rings. The van der Waals surface area contributed by atoms with Gasteiger partial charge < -0.3 is 0 Å². The van der Waals surface area contributed by atoms with Gasteiger partial charge in [0.05, 0.1) is 4.91 Å². The van der Waals surface area contributed by atoms with Gasteiger partial charge in [0.1, 0.15) is 0 Å². The highest BCUT2D eigenvalue weighted by Gasteiger charge is 2.15. The molecule has 1 aliphatic rings. The van der Waals surface area contributed by atoms with Gasteiger partial charge in [0.15, 0.2) is 0 Å². The second-order valence-corrected chi connectivity index (χ2v) is 7.47. The van der Waals surface area contributed by atoms with Crippen LogP contribution < -0.4 is 0 Å². The minimum absolute atomic E-state index is 0.0917. The lowest BCUT2D eigenvalue weighted by Gasteiger charge is -2.22. The van der Waals surface area contributed by atoms with Crippen molar-refractivity contribution in [3.05, 3.63) is 46.9 Å². The Morgan fingerprint density at radius 3 is 2.62 bits per heavy atom. The molecule has 0 aliphatic heterocycles. The summed E-state index contributed by atoms with van der Waals surface area (Å²) in [6.45, 7) is 3.41. The second-order valence-electron chi connectivity index (χ2n) is 5.95. The molecular formula is C17H24O3S. The van der Waals surface area contributed by atoms with Crippen molar-refractivity contribution in [3.63, 3.8) is 0 Å². The largest absolute Gasteiger partial charge is 0.290 e. The fourth-order valence-corrected chi connectivity index (χ4v) is 3.46. The smallest absolute Gasteiger partial charge is 0.282 e. The summed E-state index contributed by atoms with van der Waals surface area (Å²) in [5.41, 5.74) is 2.65. The van der Waals surface area contributed by atoms with Crippen molar-refractivity contribution in [3.8, 4) is 0 Å². The highest BCUT2D eigenvalue weighted by atomic mass is 32.2. The Labute approximate surface area is 127 Å². The van der Waals surface area contributed by atoms with Gasteiger partial charge in [-0.1, -0.05) is 50.1 Å². The predicted molar refractivity (Wildman–Crippen MR) is 85.9 cm³/mol. The molecule has 0 aromatic heterocycles. The van der Waals surface area contributed by atoms with E-state index in [4.69, 9.17) is 4.55 Å². The minimum Gasteiger partial charge on any atom is -0.282 e. The number of aryl methyl sites for hydroxylation is 1. The molecule has 1 aromatic carbocycles. The molecule has 1 aromatic rings. The van der Waals surface area contributed by atoms with E-state index in [2.05, 4.69) is 30.8 Å². The number of allylic oxidation sites excluding steroid dienone is 1. The van der Waals surface area contributed by atoms with Gasteiger partial charge in [-0.15, -0.1) is 0 Å². The Morgan fingerprint density at radius 2 is 1.95 bits per heavy atom. The van der Waals surface area contributed by atoms with E-state index in [-0.39, 0.29) is 4.91 Å². The molecule has 0 bridgehead atoms. The van der Waals surface area contributed by atoms with Crippen molar-refractivity contribution >= 4 is 10.1 Å². The van der Waals surface area contributed by atoms with Crippen LogP contribution in [0, 0.1) is 0 Å². The molecule has 2 rings (SSSR count). The van der Waals surface area contributed by atoms with Gasteiger partial charge in [-0.25, -0.2) is 0 Å². The molecule has 0 saturated heterocycles. The molecule has 1 N–H and O–H groups in total. The third-order valence-electron chi connectivity index (χ3n) is 4.31. The topological polar surface area (TPSA) is 54.4 Å². The standard InChI is InChI=1S/C17H24O3S/c1-14(21(18,19)20)7-5-8-15-9-6-12-17(13-15)16-10-3-2-4-11-16/h6,9,12-13,16H,1-5,7-8,10-11H2,(H,18,19,20). The predicted octanol–water partition coefficient (Wildman–Crippen LogP) is 4.46. The van der Waals surface area contributed by atoms with Gasteiger partial charge in [0.25, 0.3) is 10.1 Å². The molecule has 0 unspecified atom stereocenters. The van der Waals surface area contributed by atoms with Crippen molar-refractivity contribution < 1.29 is 13.0 Å². The number of rotatable bonds is 6. The highest BCUT2D eigenvalue weighted by molar-refractivity contribution is 7.89. The summed E-state index contributed by atoms with van der Waals surface area (Å²) in [6.07, 6.45) is 8.38. The van der Waals surface area contributed by atoms with Gasteiger partial charge >= 0.3 is 0 Å². The molecule has 4 heteroatoms. The molecular weight excluding hydrogens is 284 g/mol. The monoisotopic (exact) mass is 308 g/mol. The van der Waals surface area contributed by atoms with Crippen molar-refractivity contribution in [1.82, 2.24) is 0 Å². The van der Waals surface area contributed by atoms with E-state index in [1.807, 2.05) is 0 Å². The van der Waals surface area contributed by atoms with E-state index < -0.39 is 10.1 Å². The summed E-state index contributed by atoms with van der Waals surface area (Å²) < 4.78 is 30.7. The summed E-state index contributed by atoms with van der Waals surface area (Å²) in [4.78, 5) is -0.0917. The van der Waals surface area contributed by atoms with Crippen LogP contribution in [0.25, 0.3) is 0 Å². The van der Waals surface area contributed by atoms with Crippen LogP contribution in [0.4, 0.5) is 0 Å². The molecule has 0 atom stereocenters. The van der Waals surface area contributed by atoms with E-state index in [1.54, 1.807) is 0 Å². The van der Waals surface area contributed by atoms with Crippen LogP contribution in [0.2, 0.25) is 0 Å². The fourth-order valence-electron chi connectivity index (χ4n) is 3.06. The SMILES string of the molecule is C=C(CCCc1cccc(C2CCCCC2)c1)S(=O)(=O)O. The third kappa shape index (κ3) is 4.97. The Hall–Kier alpha value is -1.13. The Morgan fingerprint density at radius 1 is 1.24 bits per heavy atom. The molecule has 0 spiro atoms. The van der Waals surface area contributed by atoms with Crippen molar-refractivity contribution in [1.29, 1.82) is 0 Å². The highest BCUT2D eigenvalue weighted by Crippen LogP contribution is 2.33. The zero-order valence-corrected chi connectivity index (χ0v) is 13.2. The Kier molecular flexibility index (Phi) is 5.59. The van der Waals surface area contributed by atoms with Gasteiger partial charge in [0.2, 0.25) is 0 Å². The van der Waals surface area contributed by atoms with Crippen LogP contribution in [0.15, 0.2) is 35.7 Å². The first-order valence-corrected chi connectivity index (χ1v) is 9.15. The van der Waals surface area contributed by atoms with Crippen molar-refractivity contribution in [2.75, 3.05) is 0 Å². The first-order chi connectivity index (χ1) is 9.97. The van der Waals surface area contributed by atoms with Gasteiger partial charge in [-0.2, -0.15) is 8.42 Å². The summed E-state index contributed by atoms with van der Waals surface area (Å²) in [5.74, 6) is 0.687. The molecule has 1 saturated carbocycles. The minimum atomic E-state index is -4.08. The molecule has 0 radical (unpaired) electrons. The first kappa shape index (κ1) is 16.2. The number of hydrogen-bond donors (Lipinski definition) is 1. The molecule has 116 valence electrons. The van der Waals surface area contributed by atoms with Crippen LogP contribution >= 0.6 is 0 Å². The van der Waals surface area contributed by atoms with Gasteiger partial charge in [0, 0.05) is 0 Å². The fraction of sp³-hybridized carbons (Fsp3) is 0.529. The molecule has 0 amide bonds.